The fourth-order valence-corrected chi connectivity index (χ4v) is 2.80. The van der Waals surface area contributed by atoms with Crippen LogP contribution in [0.25, 0.3) is 0 Å². The summed E-state index contributed by atoms with van der Waals surface area (Å²) >= 11 is 6.02. The second-order valence-corrected chi connectivity index (χ2v) is 5.59. The Balaban J connectivity index is 1.76. The highest BCUT2D eigenvalue weighted by atomic mass is 35.5. The van der Waals surface area contributed by atoms with Gasteiger partial charge in [-0.15, -0.1) is 0 Å². The fraction of sp³-hybridized carbons (Fsp3) is 0.600. The number of piperidine rings is 1. The van der Waals surface area contributed by atoms with E-state index in [1.807, 2.05) is 12.1 Å². The second-order valence-electron chi connectivity index (χ2n) is 5.16. The van der Waals surface area contributed by atoms with E-state index in [4.69, 9.17) is 11.6 Å². The van der Waals surface area contributed by atoms with Gasteiger partial charge >= 0.3 is 0 Å². The van der Waals surface area contributed by atoms with E-state index in [9.17, 15) is 0 Å². The maximum absolute atomic E-state index is 6.02. The van der Waals surface area contributed by atoms with Crippen molar-refractivity contribution in [3.8, 4) is 0 Å². The molecule has 0 bridgehead atoms. The normalized spacial score (nSPS) is 18.1. The van der Waals surface area contributed by atoms with E-state index >= 15 is 0 Å². The molecule has 1 aliphatic rings. The standard InChI is InChI=1S/C15H23ClN2/c1-2-17-11-13-6-8-18(9-7-13)12-14-4-3-5-15(16)10-14/h3-5,10,13,17H,2,6-9,11-12H2,1H3. The highest BCUT2D eigenvalue weighted by Crippen LogP contribution is 2.19. The summed E-state index contributed by atoms with van der Waals surface area (Å²) in [6.07, 6.45) is 2.63. The summed E-state index contributed by atoms with van der Waals surface area (Å²) in [6, 6.07) is 8.21. The summed E-state index contributed by atoms with van der Waals surface area (Å²) < 4.78 is 0. The van der Waals surface area contributed by atoms with Gasteiger partial charge in [-0.3, -0.25) is 4.90 Å². The van der Waals surface area contributed by atoms with Crippen LogP contribution in [-0.2, 0) is 6.54 Å². The smallest absolute Gasteiger partial charge is 0.0409 e. The molecule has 1 aromatic rings. The quantitative estimate of drug-likeness (QED) is 0.881. The summed E-state index contributed by atoms with van der Waals surface area (Å²) in [5, 5.41) is 4.30. The van der Waals surface area contributed by atoms with Crippen molar-refractivity contribution in [1.29, 1.82) is 0 Å². The highest BCUT2D eigenvalue weighted by molar-refractivity contribution is 6.30. The van der Waals surface area contributed by atoms with E-state index in [1.165, 1.54) is 38.0 Å². The molecule has 1 fully saturated rings. The van der Waals surface area contributed by atoms with Crippen LogP contribution in [0, 0.1) is 5.92 Å². The Morgan fingerprint density at radius 2 is 2.11 bits per heavy atom. The monoisotopic (exact) mass is 266 g/mol. The lowest BCUT2D eigenvalue weighted by molar-refractivity contribution is 0.176. The molecule has 18 heavy (non-hydrogen) atoms. The molecule has 1 N–H and O–H groups in total. The number of hydrogen-bond donors (Lipinski definition) is 1. The van der Waals surface area contributed by atoms with Crippen molar-refractivity contribution in [2.24, 2.45) is 5.92 Å². The molecule has 1 heterocycles. The molecule has 100 valence electrons. The molecule has 3 heteroatoms. The number of nitrogens with zero attached hydrogens (tertiary/aromatic N) is 1. The third-order valence-corrected chi connectivity index (χ3v) is 3.92. The predicted molar refractivity (Wildman–Crippen MR) is 78.0 cm³/mol. The number of halogens is 1. The average molecular weight is 267 g/mol. The molecule has 2 nitrogen and oxygen atoms in total. The zero-order chi connectivity index (χ0) is 12.8. The first-order valence-electron chi connectivity index (χ1n) is 6.95. The number of likely N-dealkylation sites (tertiary alicyclic amines) is 1. The van der Waals surface area contributed by atoms with Crippen molar-refractivity contribution in [2.75, 3.05) is 26.2 Å². The maximum atomic E-state index is 6.02. The van der Waals surface area contributed by atoms with Crippen LogP contribution in [0.1, 0.15) is 25.3 Å². The zero-order valence-corrected chi connectivity index (χ0v) is 11.9. The van der Waals surface area contributed by atoms with E-state index in [-0.39, 0.29) is 0 Å². The highest BCUT2D eigenvalue weighted by Gasteiger charge is 2.18. The van der Waals surface area contributed by atoms with Crippen LogP contribution in [0.3, 0.4) is 0 Å². The topological polar surface area (TPSA) is 15.3 Å². The second kappa shape index (κ2) is 7.13. The van der Waals surface area contributed by atoms with Crippen LogP contribution in [-0.4, -0.2) is 31.1 Å². The molecule has 2 rings (SSSR count). The van der Waals surface area contributed by atoms with Crippen LogP contribution in [0.15, 0.2) is 24.3 Å². The van der Waals surface area contributed by atoms with Crippen LogP contribution in [0.4, 0.5) is 0 Å². The van der Waals surface area contributed by atoms with Gasteiger partial charge in [-0.2, -0.15) is 0 Å². The Bertz CT molecular complexity index is 359. The Hall–Kier alpha value is -0.570. The van der Waals surface area contributed by atoms with Gasteiger partial charge < -0.3 is 5.32 Å². The lowest BCUT2D eigenvalue weighted by Crippen LogP contribution is -2.36. The zero-order valence-electron chi connectivity index (χ0n) is 11.2. The van der Waals surface area contributed by atoms with E-state index in [1.54, 1.807) is 0 Å². The van der Waals surface area contributed by atoms with E-state index < -0.39 is 0 Å². The Morgan fingerprint density at radius 3 is 2.78 bits per heavy atom. The van der Waals surface area contributed by atoms with Crippen molar-refractivity contribution < 1.29 is 0 Å². The lowest BCUT2D eigenvalue weighted by Gasteiger charge is -2.32. The van der Waals surface area contributed by atoms with Crippen LogP contribution in [0.2, 0.25) is 5.02 Å². The van der Waals surface area contributed by atoms with Crippen LogP contribution < -0.4 is 5.32 Å². The Kier molecular flexibility index (Phi) is 5.48. The van der Waals surface area contributed by atoms with Crippen LogP contribution in [0.5, 0.6) is 0 Å². The van der Waals surface area contributed by atoms with Crippen molar-refractivity contribution >= 4 is 11.6 Å². The van der Waals surface area contributed by atoms with Crippen molar-refractivity contribution in [3.05, 3.63) is 34.9 Å². The van der Waals surface area contributed by atoms with E-state index in [2.05, 4.69) is 29.3 Å². The van der Waals surface area contributed by atoms with Gasteiger partial charge in [-0.1, -0.05) is 30.7 Å². The summed E-state index contributed by atoms with van der Waals surface area (Å²) in [7, 11) is 0. The average Bonchev–Trinajstić information content (AvgIpc) is 2.38. The maximum Gasteiger partial charge on any atom is 0.0409 e. The number of rotatable bonds is 5. The molecule has 0 radical (unpaired) electrons. The first-order valence-corrected chi connectivity index (χ1v) is 7.33. The molecule has 1 aromatic carbocycles. The van der Waals surface area contributed by atoms with Crippen molar-refractivity contribution in [2.45, 2.75) is 26.3 Å². The number of benzene rings is 1. The summed E-state index contributed by atoms with van der Waals surface area (Å²) in [6.45, 7) is 7.90. The molecule has 0 atom stereocenters. The largest absolute Gasteiger partial charge is 0.317 e. The van der Waals surface area contributed by atoms with Crippen LogP contribution >= 0.6 is 11.6 Å². The fourth-order valence-electron chi connectivity index (χ4n) is 2.59. The minimum atomic E-state index is 0.842. The van der Waals surface area contributed by atoms with E-state index in [0.29, 0.717) is 0 Å². The van der Waals surface area contributed by atoms with Gasteiger partial charge in [0.1, 0.15) is 0 Å². The third-order valence-electron chi connectivity index (χ3n) is 3.69. The van der Waals surface area contributed by atoms with Gasteiger partial charge in [0.15, 0.2) is 0 Å². The number of nitrogens with one attached hydrogen (secondary N) is 1. The minimum Gasteiger partial charge on any atom is -0.317 e. The predicted octanol–water partition coefficient (Wildman–Crippen LogP) is 3.16. The SMILES string of the molecule is CCNCC1CCN(Cc2cccc(Cl)c2)CC1. The molecule has 0 amide bonds. The molecular weight excluding hydrogens is 244 g/mol. The molecule has 1 aliphatic heterocycles. The lowest BCUT2D eigenvalue weighted by atomic mass is 9.96. The number of hydrogen-bond acceptors (Lipinski definition) is 2. The minimum absolute atomic E-state index is 0.842. The molecule has 1 saturated heterocycles. The first kappa shape index (κ1) is 13.9. The molecule has 0 saturated carbocycles. The third kappa shape index (κ3) is 4.27. The summed E-state index contributed by atoms with van der Waals surface area (Å²) in [5.74, 6) is 0.862. The van der Waals surface area contributed by atoms with Gasteiger partial charge in [-0.25, -0.2) is 0 Å². The van der Waals surface area contributed by atoms with Gasteiger partial charge in [0.2, 0.25) is 0 Å². The first-order chi connectivity index (χ1) is 8.78. The summed E-state index contributed by atoms with van der Waals surface area (Å²) in [4.78, 5) is 2.54. The van der Waals surface area contributed by atoms with Crippen molar-refractivity contribution in [1.82, 2.24) is 10.2 Å². The summed E-state index contributed by atoms with van der Waals surface area (Å²) in [5.41, 5.74) is 1.33. The van der Waals surface area contributed by atoms with Gasteiger partial charge in [0.05, 0.1) is 0 Å². The van der Waals surface area contributed by atoms with Gasteiger partial charge in [0, 0.05) is 11.6 Å². The molecule has 0 aliphatic carbocycles. The van der Waals surface area contributed by atoms with E-state index in [0.717, 1.165) is 24.0 Å². The Labute approximate surface area is 115 Å². The van der Waals surface area contributed by atoms with Crippen molar-refractivity contribution in [3.63, 3.8) is 0 Å². The molecule has 0 unspecified atom stereocenters. The van der Waals surface area contributed by atoms with Gasteiger partial charge in [-0.05, 0) is 62.6 Å². The molecule has 0 spiro atoms. The van der Waals surface area contributed by atoms with Gasteiger partial charge in [0.25, 0.3) is 0 Å². The molecule has 0 aromatic heterocycles. The molecular formula is C15H23ClN2. The Morgan fingerprint density at radius 1 is 1.33 bits per heavy atom.